The number of ether oxygens (including phenoxy) is 1. The van der Waals surface area contributed by atoms with Crippen molar-refractivity contribution < 1.29 is 14.6 Å². The van der Waals surface area contributed by atoms with Crippen molar-refractivity contribution in [2.75, 3.05) is 0 Å². The van der Waals surface area contributed by atoms with Crippen LogP contribution in [-0.2, 0) is 9.53 Å². The summed E-state index contributed by atoms with van der Waals surface area (Å²) in [5, 5.41) is 9.88. The van der Waals surface area contributed by atoms with E-state index in [0.29, 0.717) is 6.42 Å². The molecule has 0 amide bonds. The van der Waals surface area contributed by atoms with Gasteiger partial charge in [0.1, 0.15) is 5.60 Å². The lowest BCUT2D eigenvalue weighted by molar-refractivity contribution is -0.164. The van der Waals surface area contributed by atoms with Crippen LogP contribution >= 0.6 is 0 Å². The molecule has 2 atom stereocenters. The van der Waals surface area contributed by atoms with Gasteiger partial charge in [-0.15, -0.1) is 0 Å². The number of rotatable bonds is 7. The Bertz CT molecular complexity index is 218. The standard InChI is InChI=1S/C14H28O3/c1-6-8-9-10-11(12(15)7-2)13(16)17-14(3,4)5/h11-12,15H,6-10H2,1-5H3/t11-,12-/m1/s1. The Hall–Kier alpha value is -0.570. The summed E-state index contributed by atoms with van der Waals surface area (Å²) in [5.74, 6) is -0.631. The van der Waals surface area contributed by atoms with Gasteiger partial charge in [0.25, 0.3) is 0 Å². The van der Waals surface area contributed by atoms with Gasteiger partial charge < -0.3 is 9.84 Å². The molecule has 0 aromatic heterocycles. The second kappa shape index (κ2) is 7.70. The van der Waals surface area contributed by atoms with Crippen molar-refractivity contribution in [1.82, 2.24) is 0 Å². The summed E-state index contributed by atoms with van der Waals surface area (Å²) in [6.07, 6.45) is 3.91. The van der Waals surface area contributed by atoms with Crippen LogP contribution < -0.4 is 0 Å². The molecule has 0 aromatic carbocycles. The fourth-order valence-corrected chi connectivity index (χ4v) is 1.74. The molecular formula is C14H28O3. The average Bonchev–Trinajstić information content (AvgIpc) is 2.20. The summed E-state index contributed by atoms with van der Waals surface area (Å²) in [6, 6.07) is 0. The van der Waals surface area contributed by atoms with Crippen molar-refractivity contribution in [3.8, 4) is 0 Å². The van der Waals surface area contributed by atoms with E-state index in [2.05, 4.69) is 6.92 Å². The monoisotopic (exact) mass is 244 g/mol. The molecule has 1 N–H and O–H groups in total. The van der Waals surface area contributed by atoms with Crippen molar-refractivity contribution in [2.45, 2.75) is 78.4 Å². The van der Waals surface area contributed by atoms with E-state index < -0.39 is 11.7 Å². The Labute approximate surface area is 106 Å². The van der Waals surface area contributed by atoms with Crippen molar-refractivity contribution in [1.29, 1.82) is 0 Å². The summed E-state index contributed by atoms with van der Waals surface area (Å²) in [5.41, 5.74) is -0.479. The van der Waals surface area contributed by atoms with Crippen LogP contribution in [0.3, 0.4) is 0 Å². The molecule has 0 spiro atoms. The molecule has 0 rings (SSSR count). The number of esters is 1. The Kier molecular flexibility index (Phi) is 7.44. The quantitative estimate of drug-likeness (QED) is 0.552. The summed E-state index contributed by atoms with van der Waals surface area (Å²) in [6.45, 7) is 9.57. The van der Waals surface area contributed by atoms with Crippen LogP contribution in [0.25, 0.3) is 0 Å². The van der Waals surface area contributed by atoms with E-state index in [1.165, 1.54) is 0 Å². The van der Waals surface area contributed by atoms with Crippen molar-refractivity contribution in [2.24, 2.45) is 5.92 Å². The molecule has 0 bridgehead atoms. The van der Waals surface area contributed by atoms with Crippen molar-refractivity contribution in [3.05, 3.63) is 0 Å². The summed E-state index contributed by atoms with van der Waals surface area (Å²) >= 11 is 0. The zero-order valence-electron chi connectivity index (χ0n) is 12.0. The van der Waals surface area contributed by atoms with Gasteiger partial charge in [0.15, 0.2) is 0 Å². The predicted molar refractivity (Wildman–Crippen MR) is 69.8 cm³/mol. The van der Waals surface area contributed by atoms with Crippen molar-refractivity contribution in [3.63, 3.8) is 0 Å². The lowest BCUT2D eigenvalue weighted by atomic mass is 9.93. The fraction of sp³-hybridized carbons (Fsp3) is 0.929. The first-order valence-corrected chi connectivity index (χ1v) is 6.72. The van der Waals surface area contributed by atoms with Crippen LogP contribution in [0.4, 0.5) is 0 Å². The van der Waals surface area contributed by atoms with Crippen LogP contribution in [0.2, 0.25) is 0 Å². The van der Waals surface area contributed by atoms with Gasteiger partial charge in [-0.05, 0) is 33.6 Å². The topological polar surface area (TPSA) is 46.5 Å². The largest absolute Gasteiger partial charge is 0.460 e. The maximum Gasteiger partial charge on any atom is 0.312 e. The van der Waals surface area contributed by atoms with E-state index in [1.54, 1.807) is 0 Å². The van der Waals surface area contributed by atoms with Gasteiger partial charge in [0, 0.05) is 0 Å². The van der Waals surface area contributed by atoms with Crippen LogP contribution in [0.5, 0.6) is 0 Å². The molecule has 0 saturated heterocycles. The first-order valence-electron chi connectivity index (χ1n) is 6.72. The van der Waals surface area contributed by atoms with E-state index in [1.807, 2.05) is 27.7 Å². The van der Waals surface area contributed by atoms with E-state index in [0.717, 1.165) is 25.7 Å². The zero-order chi connectivity index (χ0) is 13.5. The SMILES string of the molecule is CCCCC[C@@H](C(=O)OC(C)(C)C)[C@H](O)CC. The highest BCUT2D eigenvalue weighted by Gasteiger charge is 2.29. The second-order valence-corrected chi connectivity index (χ2v) is 5.61. The number of carbonyl (C=O) groups is 1. The Morgan fingerprint density at radius 3 is 2.24 bits per heavy atom. The maximum atomic E-state index is 12.0. The first kappa shape index (κ1) is 16.4. The third-order valence-electron chi connectivity index (χ3n) is 2.71. The molecule has 0 saturated carbocycles. The number of unbranched alkanes of at least 4 members (excludes halogenated alkanes) is 2. The predicted octanol–water partition coefficient (Wildman–Crippen LogP) is 3.30. The molecular weight excluding hydrogens is 216 g/mol. The van der Waals surface area contributed by atoms with Crippen molar-refractivity contribution >= 4 is 5.97 Å². The molecule has 17 heavy (non-hydrogen) atoms. The van der Waals surface area contributed by atoms with Gasteiger partial charge in [-0.2, -0.15) is 0 Å². The van der Waals surface area contributed by atoms with E-state index >= 15 is 0 Å². The highest BCUT2D eigenvalue weighted by atomic mass is 16.6. The van der Waals surface area contributed by atoms with Crippen LogP contribution in [-0.4, -0.2) is 22.8 Å². The number of aliphatic hydroxyl groups is 1. The molecule has 0 radical (unpaired) electrons. The molecule has 3 heteroatoms. The highest BCUT2D eigenvalue weighted by Crippen LogP contribution is 2.21. The van der Waals surface area contributed by atoms with E-state index in [-0.39, 0.29) is 11.9 Å². The third kappa shape index (κ3) is 7.37. The minimum atomic E-state index is -0.582. The Morgan fingerprint density at radius 1 is 1.24 bits per heavy atom. The van der Waals surface area contributed by atoms with Crippen LogP contribution in [0.1, 0.15) is 66.7 Å². The lowest BCUT2D eigenvalue weighted by Crippen LogP contribution is -2.34. The summed E-state index contributed by atoms with van der Waals surface area (Å²) in [7, 11) is 0. The number of hydrogen-bond acceptors (Lipinski definition) is 3. The van der Waals surface area contributed by atoms with Gasteiger partial charge in [-0.25, -0.2) is 0 Å². The highest BCUT2D eigenvalue weighted by molar-refractivity contribution is 5.73. The molecule has 0 unspecified atom stereocenters. The Morgan fingerprint density at radius 2 is 1.82 bits per heavy atom. The fourth-order valence-electron chi connectivity index (χ4n) is 1.74. The molecule has 0 fully saturated rings. The molecule has 0 aliphatic heterocycles. The van der Waals surface area contributed by atoms with Gasteiger partial charge in [-0.3, -0.25) is 4.79 Å². The molecule has 0 aromatic rings. The Balaban J connectivity index is 4.40. The summed E-state index contributed by atoms with van der Waals surface area (Å²) in [4.78, 5) is 12.0. The molecule has 0 heterocycles. The zero-order valence-corrected chi connectivity index (χ0v) is 12.0. The normalized spacial score (nSPS) is 15.4. The van der Waals surface area contributed by atoms with Crippen LogP contribution in [0.15, 0.2) is 0 Å². The average molecular weight is 244 g/mol. The molecule has 102 valence electrons. The molecule has 0 aliphatic rings. The minimum Gasteiger partial charge on any atom is -0.460 e. The third-order valence-corrected chi connectivity index (χ3v) is 2.71. The van der Waals surface area contributed by atoms with Crippen LogP contribution in [0, 0.1) is 5.92 Å². The maximum absolute atomic E-state index is 12.0. The van der Waals surface area contributed by atoms with E-state index in [9.17, 15) is 9.90 Å². The number of hydrogen-bond donors (Lipinski definition) is 1. The van der Waals surface area contributed by atoms with E-state index in [4.69, 9.17) is 4.74 Å². The van der Waals surface area contributed by atoms with Gasteiger partial charge in [0.05, 0.1) is 12.0 Å². The first-order chi connectivity index (χ1) is 7.81. The number of aliphatic hydroxyl groups excluding tert-OH is 1. The smallest absolute Gasteiger partial charge is 0.312 e. The minimum absolute atomic E-state index is 0.261. The van der Waals surface area contributed by atoms with Gasteiger partial charge in [0.2, 0.25) is 0 Å². The lowest BCUT2D eigenvalue weighted by Gasteiger charge is -2.26. The summed E-state index contributed by atoms with van der Waals surface area (Å²) < 4.78 is 5.35. The van der Waals surface area contributed by atoms with Gasteiger partial charge in [-0.1, -0.05) is 33.1 Å². The second-order valence-electron chi connectivity index (χ2n) is 5.61. The molecule has 3 nitrogen and oxygen atoms in total. The molecule has 0 aliphatic carbocycles. The van der Waals surface area contributed by atoms with Gasteiger partial charge >= 0.3 is 5.97 Å². The number of carbonyl (C=O) groups excluding carboxylic acids is 1.